The van der Waals surface area contributed by atoms with E-state index in [2.05, 4.69) is 36.5 Å². The number of nitrogens with one attached hydrogen (secondary N) is 1. The molecule has 0 heterocycles. The summed E-state index contributed by atoms with van der Waals surface area (Å²) in [4.78, 5) is 12.1. The number of rotatable bonds is 7. The van der Waals surface area contributed by atoms with Gasteiger partial charge in [0.05, 0.1) is 5.75 Å². The van der Waals surface area contributed by atoms with Crippen LogP contribution in [0.5, 0.6) is 0 Å². The van der Waals surface area contributed by atoms with Crippen LogP contribution in [-0.2, 0) is 4.79 Å². The Bertz CT molecular complexity index is 542. The molecule has 3 rings (SSSR count). The summed E-state index contributed by atoms with van der Waals surface area (Å²) >= 11 is 1.68. The molecule has 0 aliphatic heterocycles. The fraction of sp³-hybridized carbons (Fsp3) is 0.550. The molecule has 1 N–H and O–H groups in total. The normalized spacial score (nSPS) is 27.4. The number of amides is 1. The van der Waals surface area contributed by atoms with Gasteiger partial charge in [-0.2, -0.15) is 0 Å². The minimum Gasteiger partial charge on any atom is -0.353 e. The number of thioether (sulfide) groups is 1. The van der Waals surface area contributed by atoms with Gasteiger partial charge in [-0.05, 0) is 49.5 Å². The standard InChI is InChI=1S/C20H27NOS/c1-15(19-13-17-9-10-18(19)12-17)21-20(22)14-23-11-5-8-16-6-3-2-4-7-16/h2-8,15,17-19H,9-14H2,1H3,(H,21,22)/b8-5-/t15-,17-,18-,19-/m0/s1. The zero-order valence-electron chi connectivity index (χ0n) is 13.9. The van der Waals surface area contributed by atoms with Crippen LogP contribution < -0.4 is 5.32 Å². The van der Waals surface area contributed by atoms with E-state index >= 15 is 0 Å². The van der Waals surface area contributed by atoms with E-state index in [1.807, 2.05) is 18.2 Å². The second kappa shape index (κ2) is 8.05. The van der Waals surface area contributed by atoms with Gasteiger partial charge in [0.15, 0.2) is 0 Å². The van der Waals surface area contributed by atoms with Gasteiger partial charge in [0, 0.05) is 11.8 Å². The number of carbonyl (C=O) groups is 1. The Morgan fingerprint density at radius 2 is 2.13 bits per heavy atom. The van der Waals surface area contributed by atoms with Crippen molar-refractivity contribution < 1.29 is 4.79 Å². The third-order valence-corrected chi connectivity index (χ3v) is 6.28. The summed E-state index contributed by atoms with van der Waals surface area (Å²) in [6.45, 7) is 2.20. The molecule has 0 aromatic heterocycles. The van der Waals surface area contributed by atoms with Crippen molar-refractivity contribution in [1.82, 2.24) is 5.32 Å². The topological polar surface area (TPSA) is 29.1 Å². The lowest BCUT2D eigenvalue weighted by Crippen LogP contribution is -2.40. The summed E-state index contributed by atoms with van der Waals surface area (Å²) in [6, 6.07) is 10.6. The number of hydrogen-bond acceptors (Lipinski definition) is 2. The molecule has 23 heavy (non-hydrogen) atoms. The van der Waals surface area contributed by atoms with Gasteiger partial charge in [0.1, 0.15) is 0 Å². The largest absolute Gasteiger partial charge is 0.353 e. The number of benzene rings is 1. The molecule has 1 aromatic rings. The van der Waals surface area contributed by atoms with Crippen LogP contribution >= 0.6 is 11.8 Å². The van der Waals surface area contributed by atoms with Gasteiger partial charge < -0.3 is 5.32 Å². The first-order chi connectivity index (χ1) is 11.2. The van der Waals surface area contributed by atoms with Crippen molar-refractivity contribution in [3.63, 3.8) is 0 Å². The molecular weight excluding hydrogens is 302 g/mol. The van der Waals surface area contributed by atoms with E-state index in [1.54, 1.807) is 11.8 Å². The molecule has 2 aliphatic rings. The predicted molar refractivity (Wildman–Crippen MR) is 99.3 cm³/mol. The molecule has 2 fully saturated rings. The summed E-state index contributed by atoms with van der Waals surface area (Å²) in [5.41, 5.74) is 1.21. The van der Waals surface area contributed by atoms with Crippen molar-refractivity contribution in [2.75, 3.05) is 11.5 Å². The molecular formula is C20H27NOS. The van der Waals surface area contributed by atoms with Crippen molar-refractivity contribution in [2.24, 2.45) is 17.8 Å². The smallest absolute Gasteiger partial charge is 0.230 e. The third kappa shape index (κ3) is 4.63. The van der Waals surface area contributed by atoms with Crippen molar-refractivity contribution in [2.45, 2.75) is 38.6 Å². The fourth-order valence-corrected chi connectivity index (χ4v) is 4.90. The zero-order chi connectivity index (χ0) is 16.1. The summed E-state index contributed by atoms with van der Waals surface area (Å²) in [5.74, 6) is 4.17. The van der Waals surface area contributed by atoms with Crippen LogP contribution in [0.25, 0.3) is 6.08 Å². The van der Waals surface area contributed by atoms with Gasteiger partial charge in [0.2, 0.25) is 5.91 Å². The molecule has 1 amide bonds. The van der Waals surface area contributed by atoms with Gasteiger partial charge in [-0.3, -0.25) is 4.79 Å². The number of fused-ring (bicyclic) bond motifs is 2. The van der Waals surface area contributed by atoms with E-state index in [9.17, 15) is 4.79 Å². The van der Waals surface area contributed by atoms with Gasteiger partial charge in [-0.25, -0.2) is 0 Å². The van der Waals surface area contributed by atoms with Crippen molar-refractivity contribution in [1.29, 1.82) is 0 Å². The second-order valence-electron chi connectivity index (χ2n) is 7.02. The fourth-order valence-electron chi connectivity index (χ4n) is 4.28. The Hall–Kier alpha value is -1.22. The third-order valence-electron chi connectivity index (χ3n) is 5.38. The lowest BCUT2D eigenvalue weighted by atomic mass is 9.84. The minimum atomic E-state index is 0.193. The van der Waals surface area contributed by atoms with E-state index < -0.39 is 0 Å². The van der Waals surface area contributed by atoms with Crippen molar-refractivity contribution in [3.05, 3.63) is 42.0 Å². The van der Waals surface area contributed by atoms with E-state index in [0.717, 1.165) is 23.5 Å². The van der Waals surface area contributed by atoms with Gasteiger partial charge in [-0.1, -0.05) is 48.9 Å². The first kappa shape index (κ1) is 16.6. The van der Waals surface area contributed by atoms with Gasteiger partial charge >= 0.3 is 0 Å². The quantitative estimate of drug-likeness (QED) is 0.752. The van der Waals surface area contributed by atoms with Crippen LogP contribution in [0.15, 0.2) is 36.4 Å². The van der Waals surface area contributed by atoms with Gasteiger partial charge in [0.25, 0.3) is 0 Å². The Morgan fingerprint density at radius 1 is 1.30 bits per heavy atom. The van der Waals surface area contributed by atoms with Crippen LogP contribution in [0.2, 0.25) is 0 Å². The average molecular weight is 330 g/mol. The molecule has 0 unspecified atom stereocenters. The highest BCUT2D eigenvalue weighted by Crippen LogP contribution is 2.49. The summed E-state index contributed by atoms with van der Waals surface area (Å²) in [7, 11) is 0. The Morgan fingerprint density at radius 3 is 2.83 bits per heavy atom. The summed E-state index contributed by atoms with van der Waals surface area (Å²) < 4.78 is 0. The van der Waals surface area contributed by atoms with Crippen LogP contribution in [0, 0.1) is 17.8 Å². The summed E-state index contributed by atoms with van der Waals surface area (Å²) in [5, 5.41) is 3.23. The molecule has 2 nitrogen and oxygen atoms in total. The average Bonchev–Trinajstić information content (AvgIpc) is 3.18. The van der Waals surface area contributed by atoms with Crippen LogP contribution in [0.1, 0.15) is 38.2 Å². The van der Waals surface area contributed by atoms with Crippen LogP contribution in [0.4, 0.5) is 0 Å². The number of hydrogen-bond donors (Lipinski definition) is 1. The monoisotopic (exact) mass is 329 g/mol. The Balaban J connectivity index is 1.33. The molecule has 0 radical (unpaired) electrons. The van der Waals surface area contributed by atoms with E-state index in [1.165, 1.54) is 31.2 Å². The lowest BCUT2D eigenvalue weighted by molar-refractivity contribution is -0.119. The zero-order valence-corrected chi connectivity index (χ0v) is 14.7. The molecule has 4 atom stereocenters. The minimum absolute atomic E-state index is 0.193. The molecule has 2 saturated carbocycles. The maximum Gasteiger partial charge on any atom is 0.230 e. The lowest BCUT2D eigenvalue weighted by Gasteiger charge is -2.28. The number of carbonyl (C=O) groups excluding carboxylic acids is 1. The van der Waals surface area contributed by atoms with Crippen LogP contribution in [0.3, 0.4) is 0 Å². The van der Waals surface area contributed by atoms with E-state index in [4.69, 9.17) is 0 Å². The Labute approximate surface area is 144 Å². The van der Waals surface area contributed by atoms with E-state index in [0.29, 0.717) is 11.8 Å². The SMILES string of the molecule is C[C@H](NC(=O)CSC/C=C\c1ccccc1)[C@@H]1C[C@H]2CC[C@H]1C2. The first-order valence-electron chi connectivity index (χ1n) is 8.81. The predicted octanol–water partition coefficient (Wildman–Crippen LogP) is 4.37. The molecule has 3 heteroatoms. The van der Waals surface area contributed by atoms with Gasteiger partial charge in [-0.15, -0.1) is 11.8 Å². The van der Waals surface area contributed by atoms with Crippen molar-refractivity contribution >= 4 is 23.7 Å². The maximum absolute atomic E-state index is 12.1. The molecule has 0 saturated heterocycles. The van der Waals surface area contributed by atoms with Crippen molar-refractivity contribution in [3.8, 4) is 0 Å². The Kier molecular flexibility index (Phi) is 5.82. The second-order valence-corrected chi connectivity index (χ2v) is 8.05. The van der Waals surface area contributed by atoms with Crippen LogP contribution in [-0.4, -0.2) is 23.5 Å². The molecule has 2 bridgehead atoms. The highest BCUT2D eigenvalue weighted by atomic mass is 32.2. The molecule has 0 spiro atoms. The van der Waals surface area contributed by atoms with E-state index in [-0.39, 0.29) is 5.91 Å². The highest BCUT2D eigenvalue weighted by molar-refractivity contribution is 8.00. The molecule has 1 aromatic carbocycles. The maximum atomic E-state index is 12.1. The molecule has 2 aliphatic carbocycles. The highest BCUT2D eigenvalue weighted by Gasteiger charge is 2.41. The summed E-state index contributed by atoms with van der Waals surface area (Å²) in [6.07, 6.45) is 9.79. The molecule has 124 valence electrons. The first-order valence-corrected chi connectivity index (χ1v) is 9.96.